The summed E-state index contributed by atoms with van der Waals surface area (Å²) in [6.45, 7) is 1.53. The van der Waals surface area contributed by atoms with Gasteiger partial charge in [-0.2, -0.15) is 13.2 Å². The van der Waals surface area contributed by atoms with Crippen LogP contribution in [0.15, 0.2) is 22.6 Å². The molecule has 4 rings (SSSR count). The van der Waals surface area contributed by atoms with E-state index in [0.717, 1.165) is 31.0 Å². The van der Waals surface area contributed by atoms with Gasteiger partial charge in [-0.15, -0.1) is 0 Å². The number of nitrogens with one attached hydrogen (secondary N) is 1. The minimum Gasteiger partial charge on any atom is -0.449 e. The molecule has 9 heteroatoms. The van der Waals surface area contributed by atoms with E-state index in [2.05, 4.69) is 5.32 Å². The summed E-state index contributed by atoms with van der Waals surface area (Å²) in [5.41, 5.74) is -0.851. The molecule has 2 aliphatic rings. The SMILES string of the molecule is C[C@H]1CC[C@H](C(F)(F)CN2CCNC(=O)c3oc4ccc(C(F)(F)F)cc4c32)CC1. The van der Waals surface area contributed by atoms with Crippen LogP contribution in [0.5, 0.6) is 0 Å². The van der Waals surface area contributed by atoms with Crippen molar-refractivity contribution in [2.45, 2.75) is 44.7 Å². The molecule has 2 heterocycles. The summed E-state index contributed by atoms with van der Waals surface area (Å²) >= 11 is 0. The summed E-state index contributed by atoms with van der Waals surface area (Å²) < 4.78 is 75.4. The van der Waals surface area contributed by atoms with Gasteiger partial charge in [0, 0.05) is 24.4 Å². The molecule has 164 valence electrons. The minimum atomic E-state index is -4.60. The Kier molecular flexibility index (Phi) is 5.18. The van der Waals surface area contributed by atoms with Gasteiger partial charge >= 0.3 is 6.18 Å². The number of hydrogen-bond donors (Lipinski definition) is 1. The largest absolute Gasteiger partial charge is 0.449 e. The summed E-state index contributed by atoms with van der Waals surface area (Å²) in [4.78, 5) is 13.7. The highest BCUT2D eigenvalue weighted by molar-refractivity contribution is 6.07. The highest BCUT2D eigenvalue weighted by Gasteiger charge is 2.44. The van der Waals surface area contributed by atoms with Gasteiger partial charge in [0.25, 0.3) is 11.8 Å². The van der Waals surface area contributed by atoms with Gasteiger partial charge < -0.3 is 14.6 Å². The Bertz CT molecular complexity index is 945. The predicted molar refractivity (Wildman–Crippen MR) is 102 cm³/mol. The molecule has 1 aromatic heterocycles. The Morgan fingerprint density at radius 1 is 1.13 bits per heavy atom. The first-order valence-corrected chi connectivity index (χ1v) is 10.1. The highest BCUT2D eigenvalue weighted by atomic mass is 19.4. The van der Waals surface area contributed by atoms with Crippen LogP contribution in [0.3, 0.4) is 0 Å². The Morgan fingerprint density at radius 3 is 2.50 bits per heavy atom. The first-order chi connectivity index (χ1) is 14.1. The quantitative estimate of drug-likeness (QED) is 0.658. The van der Waals surface area contributed by atoms with Crippen LogP contribution in [0.1, 0.15) is 48.7 Å². The van der Waals surface area contributed by atoms with Crippen molar-refractivity contribution in [3.05, 3.63) is 29.5 Å². The number of nitrogens with zero attached hydrogens (tertiary/aromatic N) is 1. The molecule has 0 spiro atoms. The van der Waals surface area contributed by atoms with Crippen molar-refractivity contribution in [3.8, 4) is 0 Å². The van der Waals surface area contributed by atoms with E-state index in [1.807, 2.05) is 6.92 Å². The maximum atomic E-state index is 15.2. The third kappa shape index (κ3) is 3.86. The number of carbonyl (C=O) groups excluding carboxylic acids is 1. The van der Waals surface area contributed by atoms with Gasteiger partial charge in [0.2, 0.25) is 5.76 Å². The van der Waals surface area contributed by atoms with Crippen LogP contribution < -0.4 is 10.2 Å². The molecule has 0 atom stereocenters. The van der Waals surface area contributed by atoms with E-state index in [1.165, 1.54) is 4.90 Å². The molecule has 4 nitrogen and oxygen atoms in total. The third-order valence-corrected chi connectivity index (χ3v) is 6.19. The van der Waals surface area contributed by atoms with Gasteiger partial charge in [0.15, 0.2) is 0 Å². The second-order valence-corrected chi connectivity index (χ2v) is 8.38. The van der Waals surface area contributed by atoms with Crippen molar-refractivity contribution in [1.29, 1.82) is 0 Å². The normalized spacial score (nSPS) is 23.3. The number of fused-ring (bicyclic) bond motifs is 3. The maximum absolute atomic E-state index is 15.2. The standard InChI is InChI=1S/C21H23F5N2O2/c1-12-2-4-13(5-3-12)20(22,23)11-28-9-8-27-19(29)18-17(28)15-10-14(21(24,25)26)6-7-16(15)30-18/h6-7,10,12-13H,2-5,8-9,11H2,1H3,(H,27,29)/t12-,13-. The fraction of sp³-hybridized carbons (Fsp3) is 0.571. The van der Waals surface area contributed by atoms with Crippen LogP contribution in [0.25, 0.3) is 11.0 Å². The molecule has 1 fully saturated rings. The van der Waals surface area contributed by atoms with Crippen LogP contribution >= 0.6 is 0 Å². The van der Waals surface area contributed by atoms with Crippen molar-refractivity contribution < 1.29 is 31.2 Å². The molecule has 1 N–H and O–H groups in total. The van der Waals surface area contributed by atoms with Crippen molar-refractivity contribution in [2.24, 2.45) is 11.8 Å². The summed E-state index contributed by atoms with van der Waals surface area (Å²) in [5.74, 6) is -4.24. The lowest BCUT2D eigenvalue weighted by Gasteiger charge is -2.36. The summed E-state index contributed by atoms with van der Waals surface area (Å²) in [6.07, 6.45) is -2.31. The van der Waals surface area contributed by atoms with Gasteiger partial charge in [-0.1, -0.05) is 19.8 Å². The topological polar surface area (TPSA) is 45.5 Å². The first kappa shape index (κ1) is 20.9. The molecule has 0 radical (unpaired) electrons. The van der Waals surface area contributed by atoms with Crippen molar-refractivity contribution in [3.63, 3.8) is 0 Å². The van der Waals surface area contributed by atoms with E-state index >= 15 is 8.78 Å². The van der Waals surface area contributed by atoms with Crippen LogP contribution in [-0.4, -0.2) is 31.5 Å². The van der Waals surface area contributed by atoms with Gasteiger partial charge in [0.05, 0.1) is 17.8 Å². The average Bonchev–Trinajstić information content (AvgIpc) is 2.98. The van der Waals surface area contributed by atoms with Gasteiger partial charge in [-0.05, 0) is 37.0 Å². The zero-order valence-electron chi connectivity index (χ0n) is 16.5. The number of benzene rings is 1. The van der Waals surface area contributed by atoms with Crippen molar-refractivity contribution >= 4 is 22.6 Å². The Hall–Kier alpha value is -2.32. The van der Waals surface area contributed by atoms with E-state index in [1.54, 1.807) is 0 Å². The van der Waals surface area contributed by atoms with E-state index < -0.39 is 36.0 Å². The summed E-state index contributed by atoms with van der Waals surface area (Å²) in [5, 5.41) is 2.58. The number of amides is 1. The molecule has 2 aromatic rings. The fourth-order valence-electron chi connectivity index (χ4n) is 4.45. The number of anilines is 1. The van der Waals surface area contributed by atoms with Crippen LogP contribution in [-0.2, 0) is 6.18 Å². The molecular weight excluding hydrogens is 407 g/mol. The molecule has 1 amide bonds. The molecular formula is C21H23F5N2O2. The minimum absolute atomic E-state index is 0.00922. The van der Waals surface area contributed by atoms with E-state index in [9.17, 15) is 18.0 Å². The predicted octanol–water partition coefficient (Wildman–Crippen LogP) is 5.46. The number of halogens is 5. The monoisotopic (exact) mass is 430 g/mol. The maximum Gasteiger partial charge on any atom is 0.416 e. The fourth-order valence-corrected chi connectivity index (χ4v) is 4.45. The van der Waals surface area contributed by atoms with Crippen molar-refractivity contribution in [2.75, 3.05) is 24.5 Å². The molecule has 0 bridgehead atoms. The van der Waals surface area contributed by atoms with E-state index in [-0.39, 0.29) is 35.5 Å². The number of rotatable bonds is 3. The summed E-state index contributed by atoms with van der Waals surface area (Å²) in [6, 6.07) is 2.84. The van der Waals surface area contributed by atoms with E-state index in [4.69, 9.17) is 4.42 Å². The molecule has 30 heavy (non-hydrogen) atoms. The average molecular weight is 430 g/mol. The Balaban J connectivity index is 1.73. The lowest BCUT2D eigenvalue weighted by Crippen LogP contribution is -2.44. The molecule has 1 saturated carbocycles. The number of alkyl halides is 5. The zero-order chi connectivity index (χ0) is 21.7. The van der Waals surface area contributed by atoms with Gasteiger partial charge in [0.1, 0.15) is 5.58 Å². The number of hydrogen-bond acceptors (Lipinski definition) is 3. The molecule has 0 saturated heterocycles. The zero-order valence-corrected chi connectivity index (χ0v) is 16.5. The van der Waals surface area contributed by atoms with Crippen molar-refractivity contribution in [1.82, 2.24) is 5.32 Å². The first-order valence-electron chi connectivity index (χ1n) is 10.1. The van der Waals surface area contributed by atoms with E-state index in [0.29, 0.717) is 18.8 Å². The second-order valence-electron chi connectivity index (χ2n) is 8.38. The van der Waals surface area contributed by atoms with Crippen LogP contribution in [0.2, 0.25) is 0 Å². The highest BCUT2D eigenvalue weighted by Crippen LogP contribution is 2.43. The van der Waals surface area contributed by atoms with Gasteiger partial charge in [-0.3, -0.25) is 4.79 Å². The number of carbonyl (C=O) groups is 1. The van der Waals surface area contributed by atoms with Crippen LogP contribution in [0, 0.1) is 11.8 Å². The second kappa shape index (κ2) is 7.42. The molecule has 1 aromatic carbocycles. The smallest absolute Gasteiger partial charge is 0.416 e. The van der Waals surface area contributed by atoms with Crippen LogP contribution in [0.4, 0.5) is 27.6 Å². The number of furan rings is 1. The Labute approximate surface area is 170 Å². The summed E-state index contributed by atoms with van der Waals surface area (Å²) in [7, 11) is 0. The third-order valence-electron chi connectivity index (χ3n) is 6.19. The molecule has 0 unspecified atom stereocenters. The lowest BCUT2D eigenvalue weighted by atomic mass is 9.79. The molecule has 1 aliphatic carbocycles. The lowest BCUT2D eigenvalue weighted by molar-refractivity contribution is -0.137. The molecule has 1 aliphatic heterocycles. The Morgan fingerprint density at radius 2 is 1.83 bits per heavy atom. The van der Waals surface area contributed by atoms with Gasteiger partial charge in [-0.25, -0.2) is 8.78 Å².